The van der Waals surface area contributed by atoms with Gasteiger partial charge in [-0.05, 0) is 79.1 Å². The standard InChI is InChI=1S/C35H76N4/c1-9-38(10-2,11-3)28-17-15-26-36(7)30-22-34(23-31-36)20-19-21-35-24-32-37(8,33-25-35)27-16-18-29-39(12-4,13-5)14-6/h34-35H,9-33H2,1-8H3/q+4. The van der Waals surface area contributed by atoms with Gasteiger partial charge in [0.25, 0.3) is 0 Å². The van der Waals surface area contributed by atoms with Gasteiger partial charge in [0, 0.05) is 25.7 Å². The molecule has 2 saturated heterocycles. The Morgan fingerprint density at radius 2 is 0.769 bits per heavy atom. The van der Waals surface area contributed by atoms with Crippen LogP contribution in [0, 0.1) is 11.8 Å². The molecule has 232 valence electrons. The zero-order chi connectivity index (χ0) is 28.8. The second-order valence-corrected chi connectivity index (χ2v) is 14.8. The number of unbranched alkanes of at least 4 members (excludes halogenated alkanes) is 2. The SMILES string of the molecule is CC[N+](CC)(CC)CCCC[N+]1(C)CCC(CCCC2CC[N+](C)(CCCC[N+](CC)(CC)CC)CC2)CC1. The van der Waals surface area contributed by atoms with Crippen molar-refractivity contribution < 1.29 is 17.9 Å². The quantitative estimate of drug-likeness (QED) is 0.111. The summed E-state index contributed by atoms with van der Waals surface area (Å²) in [7, 11) is 5.12. The van der Waals surface area contributed by atoms with Crippen molar-refractivity contribution in [3.63, 3.8) is 0 Å². The minimum absolute atomic E-state index is 1.02. The van der Waals surface area contributed by atoms with Crippen LogP contribution in [0.5, 0.6) is 0 Å². The minimum Gasteiger partial charge on any atom is -0.326 e. The molecule has 4 nitrogen and oxygen atoms in total. The smallest absolute Gasteiger partial charge is 0.0788 e. The zero-order valence-corrected chi connectivity index (χ0v) is 28.6. The highest BCUT2D eigenvalue weighted by molar-refractivity contribution is 4.69. The van der Waals surface area contributed by atoms with Gasteiger partial charge in [-0.3, -0.25) is 0 Å². The van der Waals surface area contributed by atoms with Gasteiger partial charge in [0.1, 0.15) is 0 Å². The van der Waals surface area contributed by atoms with Crippen LogP contribution in [-0.4, -0.2) is 124 Å². The molecule has 0 spiro atoms. The van der Waals surface area contributed by atoms with Crippen molar-refractivity contribution in [1.82, 2.24) is 0 Å². The second-order valence-electron chi connectivity index (χ2n) is 14.8. The molecular weight excluding hydrogens is 476 g/mol. The highest BCUT2D eigenvalue weighted by atomic mass is 15.4. The van der Waals surface area contributed by atoms with Crippen LogP contribution in [0.4, 0.5) is 0 Å². The maximum absolute atomic E-state index is 2.56. The van der Waals surface area contributed by atoms with Crippen LogP contribution in [0.1, 0.15) is 112 Å². The number of likely N-dealkylation sites (tertiary alicyclic amines) is 2. The summed E-state index contributed by atoms with van der Waals surface area (Å²) in [5.74, 6) is 2.04. The second kappa shape index (κ2) is 17.1. The number of hydrogen-bond acceptors (Lipinski definition) is 0. The fourth-order valence-corrected chi connectivity index (χ4v) is 8.38. The van der Waals surface area contributed by atoms with Gasteiger partial charge in [-0.2, -0.15) is 0 Å². The van der Waals surface area contributed by atoms with E-state index in [0.29, 0.717) is 0 Å². The summed E-state index contributed by atoms with van der Waals surface area (Å²) in [5, 5.41) is 0. The van der Waals surface area contributed by atoms with Crippen molar-refractivity contribution in [2.45, 2.75) is 112 Å². The van der Waals surface area contributed by atoms with Crippen LogP contribution < -0.4 is 0 Å². The van der Waals surface area contributed by atoms with Crippen LogP contribution in [-0.2, 0) is 0 Å². The lowest BCUT2D eigenvalue weighted by atomic mass is 9.86. The molecule has 0 atom stereocenters. The average molecular weight is 553 g/mol. The molecule has 0 amide bonds. The number of nitrogens with zero attached hydrogens (tertiary/aromatic N) is 4. The monoisotopic (exact) mass is 553 g/mol. The third-order valence-corrected chi connectivity index (χ3v) is 12.7. The summed E-state index contributed by atoms with van der Waals surface area (Å²) in [6.07, 6.45) is 16.2. The summed E-state index contributed by atoms with van der Waals surface area (Å²) >= 11 is 0. The van der Waals surface area contributed by atoms with Crippen LogP contribution >= 0.6 is 0 Å². The van der Waals surface area contributed by atoms with E-state index in [-0.39, 0.29) is 0 Å². The summed E-state index contributed by atoms with van der Waals surface area (Å²) in [6, 6.07) is 0. The van der Waals surface area contributed by atoms with E-state index >= 15 is 0 Å². The first-order valence-electron chi connectivity index (χ1n) is 18.0. The summed E-state index contributed by atoms with van der Waals surface area (Å²) in [5.41, 5.74) is 0. The van der Waals surface area contributed by atoms with Crippen LogP contribution in [0.15, 0.2) is 0 Å². The van der Waals surface area contributed by atoms with E-state index in [1.54, 1.807) is 0 Å². The molecule has 39 heavy (non-hydrogen) atoms. The van der Waals surface area contributed by atoms with Crippen LogP contribution in [0.3, 0.4) is 0 Å². The zero-order valence-electron chi connectivity index (χ0n) is 28.6. The van der Waals surface area contributed by atoms with Crippen molar-refractivity contribution in [2.75, 3.05) is 106 Å². The molecule has 2 aliphatic rings. The van der Waals surface area contributed by atoms with E-state index in [0.717, 1.165) is 11.8 Å². The number of quaternary nitrogens is 4. The van der Waals surface area contributed by atoms with Crippen LogP contribution in [0.2, 0.25) is 0 Å². The summed E-state index contributed by atoms with van der Waals surface area (Å²) in [4.78, 5) is 0. The number of piperidine rings is 2. The maximum atomic E-state index is 2.56. The lowest BCUT2D eigenvalue weighted by molar-refractivity contribution is -0.926. The molecule has 0 aromatic rings. The Kier molecular flexibility index (Phi) is 15.3. The first kappa shape index (κ1) is 35.0. The topological polar surface area (TPSA) is 0 Å². The Morgan fingerprint density at radius 1 is 0.462 bits per heavy atom. The fourth-order valence-electron chi connectivity index (χ4n) is 8.38. The highest BCUT2D eigenvalue weighted by Crippen LogP contribution is 2.31. The lowest BCUT2D eigenvalue weighted by Gasteiger charge is -2.42. The number of rotatable bonds is 20. The van der Waals surface area contributed by atoms with Crippen molar-refractivity contribution in [3.8, 4) is 0 Å². The molecule has 2 fully saturated rings. The molecule has 0 aliphatic carbocycles. The molecule has 4 heteroatoms. The van der Waals surface area contributed by atoms with Crippen molar-refractivity contribution in [1.29, 1.82) is 0 Å². The predicted octanol–water partition coefficient (Wildman–Crippen LogP) is 7.18. The van der Waals surface area contributed by atoms with E-state index in [1.165, 1.54) is 180 Å². The molecule has 2 rings (SSSR count). The minimum atomic E-state index is 1.02. The molecule has 2 aliphatic heterocycles. The third-order valence-electron chi connectivity index (χ3n) is 12.7. The van der Waals surface area contributed by atoms with Gasteiger partial charge in [0.05, 0.1) is 106 Å². The maximum Gasteiger partial charge on any atom is 0.0788 e. The van der Waals surface area contributed by atoms with E-state index in [2.05, 4.69) is 55.6 Å². The Labute approximate surface area is 247 Å². The Balaban J connectivity index is 1.57. The van der Waals surface area contributed by atoms with Gasteiger partial charge in [-0.1, -0.05) is 19.3 Å². The van der Waals surface area contributed by atoms with Gasteiger partial charge >= 0.3 is 0 Å². The third kappa shape index (κ3) is 11.2. The van der Waals surface area contributed by atoms with E-state index in [4.69, 9.17) is 0 Å². The van der Waals surface area contributed by atoms with Gasteiger partial charge in [0.2, 0.25) is 0 Å². The highest BCUT2D eigenvalue weighted by Gasteiger charge is 2.32. The number of hydrogen-bond donors (Lipinski definition) is 0. The Hall–Kier alpha value is -0.160. The van der Waals surface area contributed by atoms with Crippen molar-refractivity contribution in [2.24, 2.45) is 11.8 Å². The predicted molar refractivity (Wildman–Crippen MR) is 173 cm³/mol. The molecule has 0 aromatic carbocycles. The lowest BCUT2D eigenvalue weighted by Crippen LogP contribution is -2.51. The largest absolute Gasteiger partial charge is 0.326 e. The fraction of sp³-hybridized carbons (Fsp3) is 1.00. The molecule has 0 saturated carbocycles. The van der Waals surface area contributed by atoms with Gasteiger partial charge in [0.15, 0.2) is 0 Å². The summed E-state index contributed by atoms with van der Waals surface area (Å²) in [6.45, 7) is 33.5. The van der Waals surface area contributed by atoms with Gasteiger partial charge in [-0.25, -0.2) is 0 Å². The van der Waals surface area contributed by atoms with Crippen molar-refractivity contribution >= 4 is 0 Å². The summed E-state index contributed by atoms with van der Waals surface area (Å²) < 4.78 is 5.36. The van der Waals surface area contributed by atoms with E-state index < -0.39 is 0 Å². The first-order chi connectivity index (χ1) is 18.6. The van der Waals surface area contributed by atoms with Crippen LogP contribution in [0.25, 0.3) is 0 Å². The van der Waals surface area contributed by atoms with Gasteiger partial charge < -0.3 is 17.9 Å². The van der Waals surface area contributed by atoms with E-state index in [9.17, 15) is 0 Å². The van der Waals surface area contributed by atoms with Crippen molar-refractivity contribution in [3.05, 3.63) is 0 Å². The molecule has 2 heterocycles. The normalized spacial score (nSPS) is 28.6. The van der Waals surface area contributed by atoms with E-state index in [1.807, 2.05) is 0 Å². The molecule has 0 aromatic heterocycles. The molecule has 0 N–H and O–H groups in total. The molecule has 0 radical (unpaired) electrons. The van der Waals surface area contributed by atoms with Gasteiger partial charge in [-0.15, -0.1) is 0 Å². The molecular formula is C35H76N4+4. The Morgan fingerprint density at radius 3 is 1.05 bits per heavy atom. The average Bonchev–Trinajstić information content (AvgIpc) is 2.96. The first-order valence-corrected chi connectivity index (χ1v) is 18.0. The molecule has 0 bridgehead atoms. The molecule has 0 unspecified atom stereocenters. The Bertz CT molecular complexity index is 552.